The average Bonchev–Trinajstić information content (AvgIpc) is 3.36. The van der Waals surface area contributed by atoms with E-state index in [0.29, 0.717) is 42.1 Å². The van der Waals surface area contributed by atoms with Crippen LogP contribution in [0.2, 0.25) is 0 Å². The molecule has 3 amide bonds. The number of hydrogen-bond acceptors (Lipinski definition) is 4. The first kappa shape index (κ1) is 24.8. The first-order valence-electron chi connectivity index (χ1n) is 11.7. The van der Waals surface area contributed by atoms with E-state index >= 15 is 0 Å². The number of rotatable bonds is 6. The van der Waals surface area contributed by atoms with E-state index in [1.807, 2.05) is 24.3 Å². The monoisotopic (exact) mass is 490 g/mol. The number of carbonyl (C=O) groups excluding carboxylic acids is 2. The van der Waals surface area contributed by atoms with Gasteiger partial charge in [-0.05, 0) is 60.2 Å². The molecule has 0 bridgehead atoms. The first-order chi connectivity index (χ1) is 17.2. The largest absolute Gasteiger partial charge is 0.478 e. The molecule has 2 aromatic carbocycles. The van der Waals surface area contributed by atoms with Crippen molar-refractivity contribution >= 4 is 29.4 Å². The fraction of sp³-hybridized carbons (Fsp3) is 0.259. The molecule has 1 fully saturated rings. The van der Waals surface area contributed by atoms with Crippen LogP contribution in [0.1, 0.15) is 48.5 Å². The summed E-state index contributed by atoms with van der Waals surface area (Å²) in [4.78, 5) is 42.3. The van der Waals surface area contributed by atoms with Gasteiger partial charge >= 0.3 is 12.0 Å². The topological polar surface area (TPSA) is 112 Å². The molecular formula is C27H27FN4O4. The lowest BCUT2D eigenvalue weighted by Gasteiger charge is -2.24. The maximum atomic E-state index is 14.8. The Morgan fingerprint density at radius 3 is 2.33 bits per heavy atom. The van der Waals surface area contributed by atoms with Gasteiger partial charge in [-0.2, -0.15) is 0 Å². The molecular weight excluding hydrogens is 463 g/mol. The normalized spacial score (nSPS) is 15.1. The molecule has 1 aliphatic rings. The third-order valence-corrected chi connectivity index (χ3v) is 6.19. The number of carboxylic acid groups (broad SMARTS) is 1. The zero-order valence-corrected chi connectivity index (χ0v) is 20.0. The highest BCUT2D eigenvalue weighted by Gasteiger charge is 2.34. The van der Waals surface area contributed by atoms with Gasteiger partial charge in [-0.1, -0.05) is 38.1 Å². The van der Waals surface area contributed by atoms with Gasteiger partial charge in [0.1, 0.15) is 6.04 Å². The third kappa shape index (κ3) is 5.51. The summed E-state index contributed by atoms with van der Waals surface area (Å²) >= 11 is 0. The van der Waals surface area contributed by atoms with Crippen LogP contribution in [0.25, 0.3) is 11.1 Å². The van der Waals surface area contributed by atoms with Crippen LogP contribution in [-0.2, 0) is 4.79 Å². The van der Waals surface area contributed by atoms with Crippen LogP contribution in [0.15, 0.2) is 60.8 Å². The summed E-state index contributed by atoms with van der Waals surface area (Å²) in [7, 11) is 0. The van der Waals surface area contributed by atoms with E-state index in [0.717, 1.165) is 5.56 Å². The molecule has 1 atom stereocenters. The van der Waals surface area contributed by atoms with Crippen LogP contribution < -0.4 is 10.6 Å². The summed E-state index contributed by atoms with van der Waals surface area (Å²) in [6, 6.07) is 13.6. The van der Waals surface area contributed by atoms with E-state index in [9.17, 15) is 18.8 Å². The van der Waals surface area contributed by atoms with Gasteiger partial charge in [0.05, 0.1) is 5.56 Å². The van der Waals surface area contributed by atoms with Crippen LogP contribution in [0, 0.1) is 5.82 Å². The second-order valence-corrected chi connectivity index (χ2v) is 8.98. The van der Waals surface area contributed by atoms with E-state index in [1.54, 1.807) is 12.1 Å². The minimum atomic E-state index is -1.05. The van der Waals surface area contributed by atoms with Crippen molar-refractivity contribution in [3.05, 3.63) is 77.7 Å². The van der Waals surface area contributed by atoms with Crippen molar-refractivity contribution in [2.24, 2.45) is 0 Å². The summed E-state index contributed by atoms with van der Waals surface area (Å²) in [6.07, 6.45) is 2.51. The molecule has 3 aromatic rings. The number of amides is 3. The van der Waals surface area contributed by atoms with Gasteiger partial charge in [0, 0.05) is 24.0 Å². The van der Waals surface area contributed by atoms with Gasteiger partial charge < -0.3 is 20.6 Å². The molecule has 8 nitrogen and oxygen atoms in total. The smallest absolute Gasteiger partial charge is 0.335 e. The Morgan fingerprint density at radius 2 is 1.72 bits per heavy atom. The zero-order valence-electron chi connectivity index (χ0n) is 20.0. The molecule has 9 heteroatoms. The SMILES string of the molecule is CC(C)c1ccc(NC(=O)N2CCC[C@H]2C(=O)Nc2ncc(-c3ccc(C(=O)O)cc3)cc2F)cc1. The maximum Gasteiger partial charge on any atom is 0.335 e. The molecule has 0 aliphatic carbocycles. The standard InChI is InChI=1S/C27H27FN4O4/c1-16(2)17-9-11-21(12-10-17)30-27(36)32-13-3-4-23(32)25(33)31-24-22(28)14-20(15-29-24)18-5-7-19(8-6-18)26(34)35/h5-12,14-16,23H,3-4,13H2,1-2H3,(H,30,36)(H,34,35)(H,29,31,33)/t23-/m0/s1. The highest BCUT2D eigenvalue weighted by Crippen LogP contribution is 2.25. The Balaban J connectivity index is 1.41. The molecule has 0 saturated carbocycles. The summed E-state index contributed by atoms with van der Waals surface area (Å²) in [5.74, 6) is -2.16. The lowest BCUT2D eigenvalue weighted by Crippen LogP contribution is -2.45. The van der Waals surface area contributed by atoms with Gasteiger partial charge in [0.15, 0.2) is 11.6 Å². The minimum absolute atomic E-state index is 0.119. The van der Waals surface area contributed by atoms with Gasteiger partial charge in [-0.25, -0.2) is 19.0 Å². The number of pyridine rings is 1. The number of anilines is 2. The van der Waals surface area contributed by atoms with Crippen LogP contribution in [-0.4, -0.2) is 45.5 Å². The molecule has 0 spiro atoms. The number of nitrogens with zero attached hydrogens (tertiary/aromatic N) is 2. The number of nitrogens with one attached hydrogen (secondary N) is 2. The van der Waals surface area contributed by atoms with Crippen molar-refractivity contribution in [1.29, 1.82) is 0 Å². The number of halogens is 1. The molecule has 1 aromatic heterocycles. The highest BCUT2D eigenvalue weighted by molar-refractivity contribution is 5.99. The van der Waals surface area contributed by atoms with Crippen LogP contribution in [0.4, 0.5) is 20.7 Å². The van der Waals surface area contributed by atoms with E-state index in [2.05, 4.69) is 29.5 Å². The molecule has 4 rings (SSSR count). The van der Waals surface area contributed by atoms with Crippen molar-refractivity contribution in [2.75, 3.05) is 17.2 Å². The second kappa shape index (κ2) is 10.6. The Kier molecular flexibility index (Phi) is 7.28. The molecule has 0 unspecified atom stereocenters. The molecule has 1 saturated heterocycles. The highest BCUT2D eigenvalue weighted by atomic mass is 19.1. The Bertz CT molecular complexity index is 1280. The summed E-state index contributed by atoms with van der Waals surface area (Å²) in [6.45, 7) is 4.59. The Labute approximate surface area is 208 Å². The molecule has 0 radical (unpaired) electrons. The Morgan fingerprint density at radius 1 is 1.03 bits per heavy atom. The van der Waals surface area contributed by atoms with E-state index < -0.39 is 29.8 Å². The molecule has 1 aliphatic heterocycles. The minimum Gasteiger partial charge on any atom is -0.478 e. The van der Waals surface area contributed by atoms with E-state index in [-0.39, 0.29) is 11.4 Å². The van der Waals surface area contributed by atoms with E-state index in [4.69, 9.17) is 5.11 Å². The van der Waals surface area contributed by atoms with Crippen molar-refractivity contribution in [1.82, 2.24) is 9.88 Å². The molecule has 36 heavy (non-hydrogen) atoms. The first-order valence-corrected chi connectivity index (χ1v) is 11.7. The van der Waals surface area contributed by atoms with Crippen LogP contribution in [0.3, 0.4) is 0 Å². The number of likely N-dealkylation sites (tertiary alicyclic amines) is 1. The summed E-state index contributed by atoms with van der Waals surface area (Å²) in [5, 5.41) is 14.3. The maximum absolute atomic E-state index is 14.8. The number of carboxylic acids is 1. The molecule has 2 heterocycles. The van der Waals surface area contributed by atoms with Crippen molar-refractivity contribution in [3.8, 4) is 11.1 Å². The number of carbonyl (C=O) groups is 3. The van der Waals surface area contributed by atoms with Crippen LogP contribution in [0.5, 0.6) is 0 Å². The molecule has 3 N–H and O–H groups in total. The average molecular weight is 491 g/mol. The predicted molar refractivity (Wildman–Crippen MR) is 134 cm³/mol. The summed E-state index contributed by atoms with van der Waals surface area (Å²) < 4.78 is 14.8. The molecule has 186 valence electrons. The van der Waals surface area contributed by atoms with Crippen molar-refractivity contribution in [3.63, 3.8) is 0 Å². The lowest BCUT2D eigenvalue weighted by atomic mass is 10.0. The number of urea groups is 1. The fourth-order valence-electron chi connectivity index (χ4n) is 4.12. The number of aromatic nitrogens is 1. The predicted octanol–water partition coefficient (Wildman–Crippen LogP) is 5.34. The van der Waals surface area contributed by atoms with Crippen molar-refractivity contribution in [2.45, 2.75) is 38.6 Å². The van der Waals surface area contributed by atoms with Crippen LogP contribution >= 0.6 is 0 Å². The van der Waals surface area contributed by atoms with Gasteiger partial charge in [-0.15, -0.1) is 0 Å². The third-order valence-electron chi connectivity index (χ3n) is 6.19. The number of hydrogen-bond donors (Lipinski definition) is 3. The fourth-order valence-corrected chi connectivity index (χ4v) is 4.12. The second-order valence-electron chi connectivity index (χ2n) is 8.98. The zero-order chi connectivity index (χ0) is 25.8. The quantitative estimate of drug-likeness (QED) is 0.432. The van der Waals surface area contributed by atoms with Gasteiger partial charge in [0.2, 0.25) is 5.91 Å². The number of benzene rings is 2. The van der Waals surface area contributed by atoms with Crippen molar-refractivity contribution < 1.29 is 23.9 Å². The summed E-state index contributed by atoms with van der Waals surface area (Å²) in [5.41, 5.74) is 2.94. The van der Waals surface area contributed by atoms with E-state index in [1.165, 1.54) is 29.3 Å². The lowest BCUT2D eigenvalue weighted by molar-refractivity contribution is -0.119. The van der Waals surface area contributed by atoms with Gasteiger partial charge in [0.25, 0.3) is 0 Å². The van der Waals surface area contributed by atoms with Gasteiger partial charge in [-0.3, -0.25) is 4.79 Å². The number of aromatic carboxylic acids is 1. The Hall–Kier alpha value is -4.27.